The number of para-hydroxylation sites is 1. The molecule has 1 saturated heterocycles. The van der Waals surface area contributed by atoms with Gasteiger partial charge in [0.2, 0.25) is 11.8 Å². The van der Waals surface area contributed by atoms with Crippen LogP contribution in [-0.2, 0) is 22.4 Å². The topological polar surface area (TPSA) is 52.7 Å². The maximum Gasteiger partial charge on any atom is 0.224 e. The van der Waals surface area contributed by atoms with Crippen LogP contribution in [0.25, 0.3) is 0 Å². The van der Waals surface area contributed by atoms with Gasteiger partial charge in [-0.3, -0.25) is 9.59 Å². The second-order valence-corrected chi connectivity index (χ2v) is 8.67. The summed E-state index contributed by atoms with van der Waals surface area (Å²) in [5.74, 6) is 0.171. The number of likely N-dealkylation sites (tertiary alicyclic amines) is 1. The average molecular weight is 420 g/mol. The highest BCUT2D eigenvalue weighted by Crippen LogP contribution is 2.26. The van der Waals surface area contributed by atoms with Crippen LogP contribution in [-0.4, -0.2) is 49.4 Å². The van der Waals surface area contributed by atoms with E-state index in [0.29, 0.717) is 32.5 Å². The minimum Gasteiger partial charge on any atom is -0.371 e. The highest BCUT2D eigenvalue weighted by Gasteiger charge is 2.29. The number of rotatable bonds is 8. The predicted molar refractivity (Wildman–Crippen MR) is 124 cm³/mol. The molecular weight excluding hydrogens is 386 g/mol. The van der Waals surface area contributed by atoms with Gasteiger partial charge in [0.05, 0.1) is 5.92 Å². The number of nitrogens with zero attached hydrogens (tertiary/aromatic N) is 2. The van der Waals surface area contributed by atoms with E-state index in [-0.39, 0.29) is 17.7 Å². The number of fused-ring (bicyclic) bond motifs is 1. The number of carbonyl (C=O) groups is 2. The first kappa shape index (κ1) is 21.4. The van der Waals surface area contributed by atoms with Gasteiger partial charge in [-0.15, -0.1) is 0 Å². The van der Waals surface area contributed by atoms with E-state index in [1.165, 1.54) is 23.2 Å². The summed E-state index contributed by atoms with van der Waals surface area (Å²) in [7, 11) is 0. The molecule has 1 fully saturated rings. The van der Waals surface area contributed by atoms with Crippen LogP contribution in [0.1, 0.15) is 36.8 Å². The summed E-state index contributed by atoms with van der Waals surface area (Å²) in [5.41, 5.74) is 4.00. The minimum atomic E-state index is -0.0933. The van der Waals surface area contributed by atoms with Crippen LogP contribution in [0, 0.1) is 5.92 Å². The molecule has 1 unspecified atom stereocenters. The van der Waals surface area contributed by atoms with Gasteiger partial charge < -0.3 is 15.1 Å². The summed E-state index contributed by atoms with van der Waals surface area (Å²) in [6.45, 7) is 3.96. The van der Waals surface area contributed by atoms with E-state index >= 15 is 0 Å². The van der Waals surface area contributed by atoms with Crippen molar-refractivity contribution in [1.29, 1.82) is 0 Å². The Morgan fingerprint density at radius 2 is 1.77 bits per heavy atom. The highest BCUT2D eigenvalue weighted by molar-refractivity contribution is 5.83. The molecule has 0 aliphatic carbocycles. The normalized spacial score (nSPS) is 18.6. The van der Waals surface area contributed by atoms with Crippen molar-refractivity contribution >= 4 is 17.5 Å². The number of anilines is 1. The molecule has 5 nitrogen and oxygen atoms in total. The van der Waals surface area contributed by atoms with Gasteiger partial charge in [0.15, 0.2) is 0 Å². The first-order valence-corrected chi connectivity index (χ1v) is 11.6. The molecule has 2 amide bonds. The lowest BCUT2D eigenvalue weighted by molar-refractivity contribution is -0.138. The SMILES string of the molecule is O=C(NCCCN1CCCc2ccccc21)C1CCC(=O)N(CCc2ccccc2)C1. The molecular formula is C26H33N3O2. The maximum atomic E-state index is 12.7. The number of hydrogen-bond acceptors (Lipinski definition) is 3. The molecule has 31 heavy (non-hydrogen) atoms. The summed E-state index contributed by atoms with van der Waals surface area (Å²) in [5, 5.41) is 3.12. The van der Waals surface area contributed by atoms with Crippen LogP contribution in [0.4, 0.5) is 5.69 Å². The Labute approximate surface area is 185 Å². The van der Waals surface area contributed by atoms with E-state index in [9.17, 15) is 9.59 Å². The number of carbonyl (C=O) groups excluding carboxylic acids is 2. The Kier molecular flexibility index (Phi) is 7.23. The Bertz CT molecular complexity index is 883. The Balaban J connectivity index is 1.20. The fourth-order valence-corrected chi connectivity index (χ4v) is 4.72. The summed E-state index contributed by atoms with van der Waals surface area (Å²) in [4.78, 5) is 29.3. The molecule has 0 aromatic heterocycles. The van der Waals surface area contributed by atoms with Gasteiger partial charge in [-0.05, 0) is 49.3 Å². The molecule has 0 saturated carbocycles. The Morgan fingerprint density at radius 1 is 0.968 bits per heavy atom. The zero-order valence-corrected chi connectivity index (χ0v) is 18.3. The molecule has 1 atom stereocenters. The highest BCUT2D eigenvalue weighted by atomic mass is 16.2. The fraction of sp³-hybridized carbons (Fsp3) is 0.462. The smallest absolute Gasteiger partial charge is 0.224 e. The lowest BCUT2D eigenvalue weighted by atomic mass is 9.96. The number of hydrogen-bond donors (Lipinski definition) is 1. The van der Waals surface area contributed by atoms with Crippen molar-refractivity contribution in [3.05, 3.63) is 65.7 Å². The molecule has 0 bridgehead atoms. The monoisotopic (exact) mass is 419 g/mol. The van der Waals surface area contributed by atoms with Crippen molar-refractivity contribution in [2.45, 2.75) is 38.5 Å². The lowest BCUT2D eigenvalue weighted by Gasteiger charge is -2.32. The van der Waals surface area contributed by atoms with Crippen LogP contribution in [0.5, 0.6) is 0 Å². The first-order chi connectivity index (χ1) is 15.2. The van der Waals surface area contributed by atoms with E-state index in [4.69, 9.17) is 0 Å². The third kappa shape index (κ3) is 5.66. The van der Waals surface area contributed by atoms with Crippen LogP contribution in [0.15, 0.2) is 54.6 Å². The Morgan fingerprint density at radius 3 is 2.65 bits per heavy atom. The molecule has 164 valence electrons. The molecule has 2 aromatic carbocycles. The Hall–Kier alpha value is -2.82. The van der Waals surface area contributed by atoms with Crippen molar-refractivity contribution in [2.24, 2.45) is 5.92 Å². The second-order valence-electron chi connectivity index (χ2n) is 8.67. The van der Waals surface area contributed by atoms with Gasteiger partial charge in [0, 0.05) is 44.8 Å². The summed E-state index contributed by atoms with van der Waals surface area (Å²) >= 11 is 0. The zero-order chi connectivity index (χ0) is 21.5. The molecule has 2 aliphatic heterocycles. The first-order valence-electron chi connectivity index (χ1n) is 11.6. The molecule has 2 heterocycles. The van der Waals surface area contributed by atoms with Crippen molar-refractivity contribution in [1.82, 2.24) is 10.2 Å². The van der Waals surface area contributed by atoms with Gasteiger partial charge in [-0.25, -0.2) is 0 Å². The number of aryl methyl sites for hydroxylation is 1. The molecule has 0 spiro atoms. The summed E-state index contributed by atoms with van der Waals surface area (Å²) in [6.07, 6.45) is 5.24. The minimum absolute atomic E-state index is 0.0933. The second kappa shape index (κ2) is 10.5. The van der Waals surface area contributed by atoms with Crippen LogP contribution >= 0.6 is 0 Å². The van der Waals surface area contributed by atoms with E-state index in [0.717, 1.165) is 32.4 Å². The van der Waals surface area contributed by atoms with Gasteiger partial charge >= 0.3 is 0 Å². The number of piperidine rings is 1. The van der Waals surface area contributed by atoms with E-state index in [1.54, 1.807) is 0 Å². The van der Waals surface area contributed by atoms with Crippen molar-refractivity contribution in [3.8, 4) is 0 Å². The maximum absolute atomic E-state index is 12.7. The lowest BCUT2D eigenvalue weighted by Crippen LogP contribution is -2.46. The quantitative estimate of drug-likeness (QED) is 0.667. The van der Waals surface area contributed by atoms with Crippen molar-refractivity contribution < 1.29 is 9.59 Å². The molecule has 2 aromatic rings. The van der Waals surface area contributed by atoms with E-state index < -0.39 is 0 Å². The van der Waals surface area contributed by atoms with Crippen molar-refractivity contribution in [3.63, 3.8) is 0 Å². The number of benzene rings is 2. The largest absolute Gasteiger partial charge is 0.371 e. The van der Waals surface area contributed by atoms with Gasteiger partial charge in [0.25, 0.3) is 0 Å². The van der Waals surface area contributed by atoms with Crippen LogP contribution < -0.4 is 10.2 Å². The van der Waals surface area contributed by atoms with Gasteiger partial charge in [-0.1, -0.05) is 48.5 Å². The van der Waals surface area contributed by atoms with Crippen LogP contribution in [0.2, 0.25) is 0 Å². The molecule has 5 heteroatoms. The fourth-order valence-electron chi connectivity index (χ4n) is 4.72. The number of amides is 2. The standard InChI is InChI=1S/C26H33N3O2/c30-25-14-13-23(20-29(25)19-15-21-8-2-1-3-9-21)26(31)27-16-7-18-28-17-6-11-22-10-4-5-12-24(22)28/h1-5,8-10,12,23H,6-7,11,13-20H2,(H,27,31). The number of nitrogens with one attached hydrogen (secondary N) is 1. The van der Waals surface area contributed by atoms with Crippen molar-refractivity contribution in [2.75, 3.05) is 37.6 Å². The molecule has 1 N–H and O–H groups in total. The summed E-state index contributed by atoms with van der Waals surface area (Å²) in [6, 6.07) is 18.8. The zero-order valence-electron chi connectivity index (χ0n) is 18.3. The molecule has 0 radical (unpaired) electrons. The third-order valence-corrected chi connectivity index (χ3v) is 6.49. The molecule has 2 aliphatic rings. The van der Waals surface area contributed by atoms with Gasteiger partial charge in [-0.2, -0.15) is 0 Å². The van der Waals surface area contributed by atoms with E-state index in [1.807, 2.05) is 23.1 Å². The predicted octanol–water partition coefficient (Wildman–Crippen LogP) is 3.43. The van der Waals surface area contributed by atoms with E-state index in [2.05, 4.69) is 46.6 Å². The third-order valence-electron chi connectivity index (χ3n) is 6.49. The summed E-state index contributed by atoms with van der Waals surface area (Å²) < 4.78 is 0. The average Bonchev–Trinajstić information content (AvgIpc) is 2.82. The van der Waals surface area contributed by atoms with Crippen LogP contribution in [0.3, 0.4) is 0 Å². The molecule has 4 rings (SSSR count). The van der Waals surface area contributed by atoms with Gasteiger partial charge in [0.1, 0.15) is 0 Å².